The number of hydrogen-bond donors (Lipinski definition) is 3. The molecule has 8 heteroatoms. The number of ether oxygens (including phenoxy) is 1. The zero-order chi connectivity index (χ0) is 20.7. The first-order chi connectivity index (χ1) is 14.6. The average molecular weight is 467 g/mol. The summed E-state index contributed by atoms with van der Waals surface area (Å²) in [6.45, 7) is 0.0707. The predicted octanol–water partition coefficient (Wildman–Crippen LogP) is 3.86. The Morgan fingerprint density at radius 3 is 2.50 bits per heavy atom. The van der Waals surface area contributed by atoms with Gasteiger partial charge in [0.25, 0.3) is 0 Å². The Morgan fingerprint density at radius 2 is 1.80 bits per heavy atom. The summed E-state index contributed by atoms with van der Waals surface area (Å²) in [6, 6.07) is 17.7. The van der Waals surface area contributed by atoms with Gasteiger partial charge in [0.1, 0.15) is 30.0 Å². The lowest BCUT2D eigenvalue weighted by Crippen LogP contribution is -2.28. The van der Waals surface area contributed by atoms with Crippen LogP contribution in [0.5, 0.6) is 0 Å². The summed E-state index contributed by atoms with van der Waals surface area (Å²) in [4.78, 5) is 8.96. The van der Waals surface area contributed by atoms with E-state index in [9.17, 15) is 10.2 Å². The third kappa shape index (κ3) is 3.37. The van der Waals surface area contributed by atoms with Gasteiger partial charge in [-0.15, -0.1) is 0 Å². The van der Waals surface area contributed by atoms with Gasteiger partial charge in [-0.05, 0) is 29.8 Å². The molecule has 1 saturated heterocycles. The Labute approximate surface area is 181 Å². The summed E-state index contributed by atoms with van der Waals surface area (Å²) in [5.74, 6) is 0.646. The number of nitrogens with one attached hydrogen (secondary N) is 1. The lowest BCUT2D eigenvalue weighted by atomic mass is 10.1. The molecule has 0 saturated carbocycles. The van der Waals surface area contributed by atoms with Gasteiger partial charge in [0.05, 0.1) is 12.0 Å². The molecule has 30 heavy (non-hydrogen) atoms. The molecule has 5 rings (SSSR count). The van der Waals surface area contributed by atoms with Gasteiger partial charge in [0.2, 0.25) is 0 Å². The van der Waals surface area contributed by atoms with Crippen molar-refractivity contribution in [3.63, 3.8) is 0 Å². The van der Waals surface area contributed by atoms with Crippen molar-refractivity contribution in [3.05, 3.63) is 71.6 Å². The van der Waals surface area contributed by atoms with E-state index in [1.54, 1.807) is 4.57 Å². The summed E-state index contributed by atoms with van der Waals surface area (Å²) >= 11 is 3.45. The maximum atomic E-state index is 10.4. The molecule has 3 N–H and O–H groups in total. The molecule has 4 aromatic rings. The third-order valence-electron chi connectivity index (χ3n) is 5.20. The van der Waals surface area contributed by atoms with E-state index < -0.39 is 18.4 Å². The number of aromatic nitrogens is 3. The van der Waals surface area contributed by atoms with Gasteiger partial charge in [-0.25, -0.2) is 9.97 Å². The quantitative estimate of drug-likeness (QED) is 0.422. The minimum atomic E-state index is -1.04. The second kappa shape index (κ2) is 7.81. The first kappa shape index (κ1) is 19.2. The fourth-order valence-corrected chi connectivity index (χ4v) is 3.97. The highest BCUT2D eigenvalue weighted by atomic mass is 79.9. The topological polar surface area (TPSA) is 92.4 Å². The van der Waals surface area contributed by atoms with Gasteiger partial charge in [-0.3, -0.25) is 0 Å². The van der Waals surface area contributed by atoms with Crippen molar-refractivity contribution in [1.82, 2.24) is 14.5 Å². The number of fused-ring (bicyclic) bond motifs is 1. The summed E-state index contributed by atoms with van der Waals surface area (Å²) in [5.41, 5.74) is 3.39. The highest BCUT2D eigenvalue weighted by Crippen LogP contribution is 2.38. The van der Waals surface area contributed by atoms with Crippen molar-refractivity contribution in [3.8, 4) is 11.1 Å². The molecule has 0 spiro atoms. The average Bonchev–Trinajstić information content (AvgIpc) is 3.31. The lowest BCUT2D eigenvalue weighted by Gasteiger charge is -2.17. The standard InChI is InChI=1S/C22H19BrN4O3/c23-14-6-8-15(9-7-14)26-20-18-16(13-4-2-1-3-5-13)10-27(21(18)25-12-24-20)22-19(29)17(28)11-30-22/h1-10,12,17,19,22,28-29H,11H2,(H,24,25,26)/t17-,19-,22-/m1/s1. The van der Waals surface area contributed by atoms with E-state index in [0.717, 1.165) is 26.7 Å². The second-order valence-electron chi connectivity index (χ2n) is 7.15. The summed E-state index contributed by atoms with van der Waals surface area (Å²) in [7, 11) is 0. The predicted molar refractivity (Wildman–Crippen MR) is 117 cm³/mol. The fraction of sp³-hybridized carbons (Fsp3) is 0.182. The second-order valence-corrected chi connectivity index (χ2v) is 8.07. The molecule has 3 heterocycles. The summed E-state index contributed by atoms with van der Waals surface area (Å²) in [6.07, 6.45) is 0.673. The third-order valence-corrected chi connectivity index (χ3v) is 5.73. The van der Waals surface area contributed by atoms with Crippen LogP contribution in [0.1, 0.15) is 6.23 Å². The lowest BCUT2D eigenvalue weighted by molar-refractivity contribution is -0.0159. The first-order valence-corrected chi connectivity index (χ1v) is 10.3. The molecule has 0 unspecified atom stereocenters. The Kier molecular flexibility index (Phi) is 5.00. The molecule has 0 bridgehead atoms. The summed E-state index contributed by atoms with van der Waals surface area (Å²) in [5, 5.41) is 24.6. The van der Waals surface area contributed by atoms with Crippen molar-refractivity contribution in [1.29, 1.82) is 0 Å². The van der Waals surface area contributed by atoms with Crippen LogP contribution in [0.4, 0.5) is 11.5 Å². The molecule has 1 aliphatic rings. The number of aliphatic hydroxyl groups is 2. The van der Waals surface area contributed by atoms with Gasteiger partial charge in [0.15, 0.2) is 6.23 Å². The SMILES string of the molecule is O[C@@H]1[C@H](O)CO[C@H]1n1cc(-c2ccccc2)c2c(Nc3ccc(Br)cc3)ncnc21. The maximum Gasteiger partial charge on any atom is 0.164 e. The molecule has 2 aromatic heterocycles. The molecular formula is C22H19BrN4O3. The van der Waals surface area contributed by atoms with E-state index >= 15 is 0 Å². The maximum absolute atomic E-state index is 10.4. The van der Waals surface area contributed by atoms with Crippen LogP contribution in [0.25, 0.3) is 22.2 Å². The van der Waals surface area contributed by atoms with Crippen LogP contribution in [0.3, 0.4) is 0 Å². The number of benzene rings is 2. The van der Waals surface area contributed by atoms with Crippen LogP contribution < -0.4 is 5.32 Å². The molecule has 1 aliphatic heterocycles. The molecule has 0 radical (unpaired) electrons. The zero-order valence-corrected chi connectivity index (χ0v) is 17.4. The van der Waals surface area contributed by atoms with Crippen LogP contribution in [0.2, 0.25) is 0 Å². The zero-order valence-electron chi connectivity index (χ0n) is 15.8. The molecule has 152 valence electrons. The fourth-order valence-electron chi connectivity index (χ4n) is 3.71. The van der Waals surface area contributed by atoms with Crippen LogP contribution in [-0.4, -0.2) is 43.6 Å². The molecular weight excluding hydrogens is 448 g/mol. The number of nitrogens with zero attached hydrogens (tertiary/aromatic N) is 3. The van der Waals surface area contributed by atoms with Gasteiger partial charge in [-0.2, -0.15) is 0 Å². The molecule has 1 fully saturated rings. The first-order valence-electron chi connectivity index (χ1n) is 9.53. The Hall–Kier alpha value is -2.78. The van der Waals surface area contributed by atoms with Crippen LogP contribution in [0, 0.1) is 0 Å². The minimum Gasteiger partial charge on any atom is -0.388 e. The molecule has 7 nitrogen and oxygen atoms in total. The van der Waals surface area contributed by atoms with Crippen molar-refractivity contribution in [2.24, 2.45) is 0 Å². The minimum absolute atomic E-state index is 0.0707. The Morgan fingerprint density at radius 1 is 1.03 bits per heavy atom. The number of aliphatic hydroxyl groups excluding tert-OH is 2. The number of halogens is 1. The molecule has 2 aromatic carbocycles. The molecule has 0 aliphatic carbocycles. The van der Waals surface area contributed by atoms with Gasteiger partial charge in [-0.1, -0.05) is 46.3 Å². The molecule has 0 amide bonds. The van der Waals surface area contributed by atoms with E-state index in [2.05, 4.69) is 31.2 Å². The number of anilines is 2. The number of hydrogen-bond acceptors (Lipinski definition) is 6. The summed E-state index contributed by atoms with van der Waals surface area (Å²) < 4.78 is 8.43. The largest absolute Gasteiger partial charge is 0.388 e. The van der Waals surface area contributed by atoms with Crippen LogP contribution >= 0.6 is 15.9 Å². The van der Waals surface area contributed by atoms with Gasteiger partial charge < -0.3 is 24.8 Å². The van der Waals surface area contributed by atoms with E-state index in [1.165, 1.54) is 6.33 Å². The van der Waals surface area contributed by atoms with Gasteiger partial charge >= 0.3 is 0 Å². The van der Waals surface area contributed by atoms with Crippen molar-refractivity contribution < 1.29 is 14.9 Å². The normalized spacial score (nSPS) is 21.2. The van der Waals surface area contributed by atoms with E-state index in [1.807, 2.05) is 60.8 Å². The Bertz CT molecular complexity index is 1180. The highest BCUT2D eigenvalue weighted by molar-refractivity contribution is 9.10. The number of rotatable bonds is 4. The Balaban J connectivity index is 1.69. The van der Waals surface area contributed by atoms with E-state index in [0.29, 0.717) is 11.5 Å². The van der Waals surface area contributed by atoms with E-state index in [-0.39, 0.29) is 6.61 Å². The van der Waals surface area contributed by atoms with E-state index in [4.69, 9.17) is 4.74 Å². The van der Waals surface area contributed by atoms with Crippen molar-refractivity contribution in [2.75, 3.05) is 11.9 Å². The highest BCUT2D eigenvalue weighted by Gasteiger charge is 2.37. The van der Waals surface area contributed by atoms with Crippen LogP contribution in [0.15, 0.2) is 71.6 Å². The molecule has 3 atom stereocenters. The van der Waals surface area contributed by atoms with Crippen molar-refractivity contribution >= 4 is 38.5 Å². The smallest absolute Gasteiger partial charge is 0.164 e. The monoisotopic (exact) mass is 466 g/mol. The van der Waals surface area contributed by atoms with Crippen LogP contribution in [-0.2, 0) is 4.74 Å². The van der Waals surface area contributed by atoms with Crippen molar-refractivity contribution in [2.45, 2.75) is 18.4 Å². The van der Waals surface area contributed by atoms with Gasteiger partial charge in [0, 0.05) is 21.9 Å².